The Morgan fingerprint density at radius 3 is 2.78 bits per heavy atom. The van der Waals surface area contributed by atoms with Crippen LogP contribution in [0.3, 0.4) is 0 Å². The smallest absolute Gasteiger partial charge is 0.0276 e. The van der Waals surface area contributed by atoms with Crippen molar-refractivity contribution >= 4 is 15.9 Å². The Kier molecular flexibility index (Phi) is 1.08. The van der Waals surface area contributed by atoms with Gasteiger partial charge in [0, 0.05) is 10.2 Å². The lowest BCUT2D eigenvalue weighted by Gasteiger charge is -2.02. The number of rotatable bonds is 1. The van der Waals surface area contributed by atoms with Crippen LogP contribution in [0.15, 0.2) is 12.7 Å². The lowest BCUT2D eigenvalue weighted by Crippen LogP contribution is -1.95. The van der Waals surface area contributed by atoms with Gasteiger partial charge < -0.3 is 0 Å². The fourth-order valence-corrected chi connectivity index (χ4v) is 3.58. The highest BCUT2D eigenvalue weighted by Crippen LogP contribution is 2.67. The van der Waals surface area contributed by atoms with Crippen molar-refractivity contribution in [2.24, 2.45) is 11.3 Å². The molecule has 0 aliphatic heterocycles. The molecule has 0 saturated heterocycles. The molecule has 3 unspecified atom stereocenters. The van der Waals surface area contributed by atoms with Gasteiger partial charge in [-0.05, 0) is 18.8 Å². The van der Waals surface area contributed by atoms with Gasteiger partial charge in [-0.1, -0.05) is 28.4 Å². The minimum Gasteiger partial charge on any atom is -0.102 e. The highest BCUT2D eigenvalue weighted by atomic mass is 79.9. The Hall–Kier alpha value is 0.220. The fraction of sp³-hybridized carbons (Fsp3) is 0.750. The summed E-state index contributed by atoms with van der Waals surface area (Å²) in [5.41, 5.74) is 0.542. The zero-order valence-electron chi connectivity index (χ0n) is 5.44. The van der Waals surface area contributed by atoms with Crippen LogP contribution in [0.4, 0.5) is 0 Å². The van der Waals surface area contributed by atoms with Gasteiger partial charge in [-0.25, -0.2) is 0 Å². The number of halogens is 1. The molecule has 0 radical (unpaired) electrons. The molecule has 50 valence electrons. The SMILES string of the molecule is C=CC12CCCC1C2Br. The first kappa shape index (κ1) is 5.96. The summed E-state index contributed by atoms with van der Waals surface area (Å²) in [6, 6.07) is 0. The van der Waals surface area contributed by atoms with E-state index in [2.05, 4.69) is 28.6 Å². The van der Waals surface area contributed by atoms with Gasteiger partial charge in [0.1, 0.15) is 0 Å². The zero-order valence-corrected chi connectivity index (χ0v) is 7.02. The van der Waals surface area contributed by atoms with E-state index in [9.17, 15) is 0 Å². The summed E-state index contributed by atoms with van der Waals surface area (Å²) in [4.78, 5) is 0.774. The molecule has 2 aliphatic carbocycles. The second-order valence-electron chi connectivity index (χ2n) is 3.22. The Balaban J connectivity index is 2.22. The topological polar surface area (TPSA) is 0 Å². The van der Waals surface area contributed by atoms with Crippen molar-refractivity contribution in [3.05, 3.63) is 12.7 Å². The van der Waals surface area contributed by atoms with Crippen LogP contribution in [0.5, 0.6) is 0 Å². The van der Waals surface area contributed by atoms with Gasteiger partial charge in [0.05, 0.1) is 0 Å². The fourth-order valence-electron chi connectivity index (χ4n) is 2.22. The number of hydrogen-bond acceptors (Lipinski definition) is 0. The summed E-state index contributed by atoms with van der Waals surface area (Å²) >= 11 is 3.67. The van der Waals surface area contributed by atoms with Crippen molar-refractivity contribution in [2.45, 2.75) is 24.1 Å². The average molecular weight is 187 g/mol. The molecule has 9 heavy (non-hydrogen) atoms. The molecule has 0 nitrogen and oxygen atoms in total. The van der Waals surface area contributed by atoms with Gasteiger partial charge in [0.2, 0.25) is 0 Å². The molecular formula is C8H11Br. The molecule has 2 rings (SSSR count). The van der Waals surface area contributed by atoms with E-state index >= 15 is 0 Å². The molecule has 0 N–H and O–H groups in total. The van der Waals surface area contributed by atoms with Crippen LogP contribution in [0, 0.1) is 11.3 Å². The number of alkyl halides is 1. The minimum absolute atomic E-state index is 0.542. The molecule has 3 atom stereocenters. The van der Waals surface area contributed by atoms with E-state index in [1.807, 2.05) is 0 Å². The Labute approximate surface area is 64.5 Å². The van der Waals surface area contributed by atoms with Crippen molar-refractivity contribution in [1.29, 1.82) is 0 Å². The molecular weight excluding hydrogens is 176 g/mol. The van der Waals surface area contributed by atoms with E-state index in [4.69, 9.17) is 0 Å². The van der Waals surface area contributed by atoms with Crippen molar-refractivity contribution < 1.29 is 0 Å². The van der Waals surface area contributed by atoms with Crippen LogP contribution < -0.4 is 0 Å². The van der Waals surface area contributed by atoms with Crippen molar-refractivity contribution in [1.82, 2.24) is 0 Å². The summed E-state index contributed by atoms with van der Waals surface area (Å²) in [5, 5.41) is 0. The van der Waals surface area contributed by atoms with Crippen LogP contribution in [0.1, 0.15) is 19.3 Å². The maximum Gasteiger partial charge on any atom is 0.0276 e. The van der Waals surface area contributed by atoms with Gasteiger partial charge in [0.25, 0.3) is 0 Å². The molecule has 2 fully saturated rings. The summed E-state index contributed by atoms with van der Waals surface area (Å²) < 4.78 is 0. The van der Waals surface area contributed by atoms with Crippen LogP contribution in [-0.4, -0.2) is 4.83 Å². The highest BCUT2D eigenvalue weighted by Gasteiger charge is 2.63. The third kappa shape index (κ3) is 0.542. The van der Waals surface area contributed by atoms with E-state index in [-0.39, 0.29) is 0 Å². The predicted molar refractivity (Wildman–Crippen MR) is 42.7 cm³/mol. The maximum absolute atomic E-state index is 3.88. The summed E-state index contributed by atoms with van der Waals surface area (Å²) in [7, 11) is 0. The Bertz CT molecular complexity index is 153. The normalized spacial score (nSPS) is 54.8. The van der Waals surface area contributed by atoms with Crippen LogP contribution in [-0.2, 0) is 0 Å². The lowest BCUT2D eigenvalue weighted by molar-refractivity contribution is 0.628. The summed E-state index contributed by atoms with van der Waals surface area (Å²) in [6.07, 6.45) is 6.36. The Morgan fingerprint density at radius 1 is 1.67 bits per heavy atom. The first-order chi connectivity index (χ1) is 4.31. The van der Waals surface area contributed by atoms with Crippen molar-refractivity contribution in [3.8, 4) is 0 Å². The number of fused-ring (bicyclic) bond motifs is 1. The van der Waals surface area contributed by atoms with E-state index in [1.165, 1.54) is 19.3 Å². The first-order valence-electron chi connectivity index (χ1n) is 3.59. The molecule has 2 aliphatic rings. The quantitative estimate of drug-likeness (QED) is 0.437. The largest absolute Gasteiger partial charge is 0.102 e. The molecule has 1 heteroatoms. The molecule has 0 heterocycles. The van der Waals surface area contributed by atoms with Gasteiger partial charge in [-0.2, -0.15) is 0 Å². The third-order valence-corrected chi connectivity index (χ3v) is 4.44. The Morgan fingerprint density at radius 2 is 2.44 bits per heavy atom. The van der Waals surface area contributed by atoms with Crippen LogP contribution in [0.25, 0.3) is 0 Å². The van der Waals surface area contributed by atoms with E-state index in [0.717, 1.165) is 10.7 Å². The van der Waals surface area contributed by atoms with Crippen molar-refractivity contribution in [2.75, 3.05) is 0 Å². The minimum atomic E-state index is 0.542. The molecule has 0 aromatic carbocycles. The molecule has 2 saturated carbocycles. The number of allylic oxidation sites excluding steroid dienone is 1. The van der Waals surface area contributed by atoms with Gasteiger partial charge in [-0.3, -0.25) is 0 Å². The third-order valence-electron chi connectivity index (χ3n) is 2.95. The van der Waals surface area contributed by atoms with E-state index in [1.54, 1.807) is 0 Å². The first-order valence-corrected chi connectivity index (χ1v) is 4.50. The highest BCUT2D eigenvalue weighted by molar-refractivity contribution is 9.09. The molecule has 0 aromatic rings. The molecule has 0 spiro atoms. The van der Waals surface area contributed by atoms with Crippen LogP contribution in [0.2, 0.25) is 0 Å². The molecule has 0 aromatic heterocycles. The monoisotopic (exact) mass is 186 g/mol. The van der Waals surface area contributed by atoms with Crippen molar-refractivity contribution in [3.63, 3.8) is 0 Å². The average Bonchev–Trinajstić information content (AvgIpc) is 2.29. The maximum atomic E-state index is 3.88. The second kappa shape index (κ2) is 1.63. The molecule has 0 bridgehead atoms. The van der Waals surface area contributed by atoms with E-state index < -0.39 is 0 Å². The zero-order chi connectivity index (χ0) is 6.48. The predicted octanol–water partition coefficient (Wildman–Crippen LogP) is 2.74. The van der Waals surface area contributed by atoms with Crippen LogP contribution >= 0.6 is 15.9 Å². The lowest BCUT2D eigenvalue weighted by atomic mass is 10.1. The summed E-state index contributed by atoms with van der Waals surface area (Å²) in [5.74, 6) is 0.940. The molecule has 0 amide bonds. The van der Waals surface area contributed by atoms with Gasteiger partial charge in [-0.15, -0.1) is 6.58 Å². The van der Waals surface area contributed by atoms with E-state index in [0.29, 0.717) is 5.41 Å². The summed E-state index contributed by atoms with van der Waals surface area (Å²) in [6.45, 7) is 3.88. The standard InChI is InChI=1S/C8H11Br/c1-2-8-5-3-4-6(8)7(8)9/h2,6-7H,1,3-5H2. The number of hydrogen-bond donors (Lipinski definition) is 0. The van der Waals surface area contributed by atoms with Gasteiger partial charge in [0.15, 0.2) is 0 Å². The van der Waals surface area contributed by atoms with Gasteiger partial charge >= 0.3 is 0 Å². The second-order valence-corrected chi connectivity index (χ2v) is 4.20.